The smallest absolute Gasteiger partial charge is 0.304 e. The van der Waals surface area contributed by atoms with Gasteiger partial charge < -0.3 is 10.8 Å². The van der Waals surface area contributed by atoms with E-state index < -0.39 is 38.3 Å². The Kier molecular flexibility index (Phi) is 9.32. The predicted molar refractivity (Wildman–Crippen MR) is 150 cm³/mol. The minimum Gasteiger partial charge on any atom is -0.391 e. The van der Waals surface area contributed by atoms with E-state index in [2.05, 4.69) is 19.5 Å². The van der Waals surface area contributed by atoms with Gasteiger partial charge in [-0.15, -0.1) is 0 Å². The summed E-state index contributed by atoms with van der Waals surface area (Å²) in [4.78, 5) is 16.0. The molecule has 1 amide bonds. The minimum absolute atomic E-state index is 0.103. The van der Waals surface area contributed by atoms with Crippen LogP contribution in [0.25, 0.3) is 0 Å². The predicted octanol–water partition coefficient (Wildman–Crippen LogP) is 0.238. The molecule has 13 nitrogen and oxygen atoms in total. The Labute approximate surface area is 228 Å². The van der Waals surface area contributed by atoms with E-state index in [0.717, 1.165) is 16.1 Å². The third-order valence-corrected chi connectivity index (χ3v) is 8.11. The summed E-state index contributed by atoms with van der Waals surface area (Å²) in [5.41, 5.74) is 7.99. The van der Waals surface area contributed by atoms with Gasteiger partial charge in [0.2, 0.25) is 21.9 Å². The summed E-state index contributed by atoms with van der Waals surface area (Å²) in [5.74, 6) is -1.38. The lowest BCUT2D eigenvalue weighted by Gasteiger charge is -2.30. The van der Waals surface area contributed by atoms with E-state index in [1.54, 1.807) is 24.3 Å². The van der Waals surface area contributed by atoms with E-state index in [-0.39, 0.29) is 25.0 Å². The topological polar surface area (TPSA) is 187 Å². The molecule has 5 N–H and O–H groups in total. The quantitative estimate of drug-likeness (QED) is 0.229. The van der Waals surface area contributed by atoms with Crippen molar-refractivity contribution in [3.05, 3.63) is 65.7 Å². The van der Waals surface area contributed by atoms with E-state index in [0.29, 0.717) is 17.0 Å². The molecule has 3 unspecified atom stereocenters. The van der Waals surface area contributed by atoms with Crippen molar-refractivity contribution >= 4 is 43.5 Å². The standard InChI is InChI=1S/C24H33N7O6S2/c1-5-31(22(16(2)32)23(25)33)39(36,37)29-24(26-3)30-15-20(17-9-7-6-8-10-17)21(27-30)18-11-13-19(14-12-18)28-38(4,34)35/h6-14,16,20,22,28,32H,5,15H2,1-4H3,(H2,25,33)(H,26,29). The van der Waals surface area contributed by atoms with Crippen LogP contribution in [0.4, 0.5) is 5.69 Å². The van der Waals surface area contributed by atoms with Gasteiger partial charge in [0.05, 0.1) is 24.6 Å². The molecule has 0 fully saturated rings. The highest BCUT2D eigenvalue weighted by atomic mass is 32.2. The third kappa shape index (κ3) is 7.32. The first-order chi connectivity index (χ1) is 18.3. The second-order valence-electron chi connectivity index (χ2n) is 8.93. The number of carbonyl (C=O) groups is 1. The summed E-state index contributed by atoms with van der Waals surface area (Å²) in [5, 5.41) is 16.1. The Hall–Kier alpha value is -3.53. The fraction of sp³-hybridized carbons (Fsp3) is 0.375. The van der Waals surface area contributed by atoms with Gasteiger partial charge in [-0.05, 0) is 30.2 Å². The molecule has 2 aromatic carbocycles. The van der Waals surface area contributed by atoms with Crippen LogP contribution in [0.2, 0.25) is 0 Å². The maximum absolute atomic E-state index is 13.3. The Balaban J connectivity index is 1.97. The van der Waals surface area contributed by atoms with Gasteiger partial charge in [-0.3, -0.25) is 14.5 Å². The average molecular weight is 580 g/mol. The first kappa shape index (κ1) is 30.0. The lowest BCUT2D eigenvalue weighted by molar-refractivity contribution is -0.124. The van der Waals surface area contributed by atoms with Crippen LogP contribution in [0.5, 0.6) is 0 Å². The van der Waals surface area contributed by atoms with Gasteiger partial charge in [0, 0.05) is 25.2 Å². The van der Waals surface area contributed by atoms with Gasteiger partial charge in [-0.2, -0.15) is 17.8 Å². The van der Waals surface area contributed by atoms with Crippen LogP contribution >= 0.6 is 0 Å². The number of carbonyl (C=O) groups excluding carboxylic acids is 1. The molecule has 0 saturated carbocycles. The first-order valence-electron chi connectivity index (χ1n) is 12.0. The fourth-order valence-corrected chi connectivity index (χ4v) is 6.32. The van der Waals surface area contributed by atoms with E-state index in [1.165, 1.54) is 25.9 Å². The highest BCUT2D eigenvalue weighted by Gasteiger charge is 2.38. The number of nitrogens with one attached hydrogen (secondary N) is 2. The molecule has 1 aliphatic heterocycles. The normalized spacial score (nSPS) is 18.0. The molecule has 1 aliphatic rings. The molecule has 1 heterocycles. The van der Waals surface area contributed by atoms with Crippen LogP contribution in [0.3, 0.4) is 0 Å². The van der Waals surface area contributed by atoms with Gasteiger partial charge in [-0.1, -0.05) is 49.4 Å². The van der Waals surface area contributed by atoms with E-state index >= 15 is 0 Å². The van der Waals surface area contributed by atoms with E-state index in [1.807, 2.05) is 30.3 Å². The van der Waals surface area contributed by atoms with Crippen LogP contribution < -0.4 is 15.2 Å². The number of amides is 1. The maximum Gasteiger partial charge on any atom is 0.304 e. The third-order valence-electron chi connectivity index (χ3n) is 5.96. The monoisotopic (exact) mass is 579 g/mol. The molecule has 3 rings (SSSR count). The molecule has 0 aromatic heterocycles. The largest absolute Gasteiger partial charge is 0.391 e. The zero-order valence-electron chi connectivity index (χ0n) is 22.0. The Morgan fingerprint density at radius 3 is 2.28 bits per heavy atom. The van der Waals surface area contributed by atoms with Gasteiger partial charge in [0.25, 0.3) is 0 Å². The number of primary amides is 1. The number of guanidine groups is 1. The Bertz CT molecular complexity index is 1440. The van der Waals surface area contributed by atoms with E-state index in [9.17, 15) is 26.7 Å². The number of aliphatic imine (C=N–C) groups is 1. The maximum atomic E-state index is 13.3. The van der Waals surface area contributed by atoms with Crippen molar-refractivity contribution in [1.29, 1.82) is 0 Å². The average Bonchev–Trinajstić information content (AvgIpc) is 3.30. The number of rotatable bonds is 10. The molecule has 15 heteroatoms. The number of benzene rings is 2. The second-order valence-corrected chi connectivity index (χ2v) is 12.3. The summed E-state index contributed by atoms with van der Waals surface area (Å²) in [6.07, 6.45) is -0.287. The summed E-state index contributed by atoms with van der Waals surface area (Å²) >= 11 is 0. The summed E-state index contributed by atoms with van der Waals surface area (Å²) in [7, 11) is -6.44. The number of likely N-dealkylation sites (N-methyl/N-ethyl adjacent to an activating group) is 1. The summed E-state index contributed by atoms with van der Waals surface area (Å²) in [6, 6.07) is 14.7. The van der Waals surface area contributed by atoms with Crippen LogP contribution in [-0.2, 0) is 25.0 Å². The fourth-order valence-electron chi connectivity index (χ4n) is 4.29. The molecule has 3 atom stereocenters. The number of nitrogens with zero attached hydrogens (tertiary/aromatic N) is 4. The molecular formula is C24H33N7O6S2. The number of hydrazone groups is 1. The number of aliphatic hydroxyl groups is 1. The number of hydrogen-bond donors (Lipinski definition) is 4. The molecule has 0 radical (unpaired) electrons. The Morgan fingerprint density at radius 1 is 1.18 bits per heavy atom. The van der Waals surface area contributed by atoms with Crippen molar-refractivity contribution in [2.75, 3.05) is 31.1 Å². The summed E-state index contributed by atoms with van der Waals surface area (Å²) in [6.45, 7) is 2.89. The zero-order chi connectivity index (χ0) is 29.0. The molecular weight excluding hydrogens is 546 g/mol. The van der Waals surface area contributed by atoms with Crippen molar-refractivity contribution < 1.29 is 26.7 Å². The Morgan fingerprint density at radius 2 is 1.79 bits per heavy atom. The second kappa shape index (κ2) is 12.1. The van der Waals surface area contributed by atoms with Gasteiger partial charge >= 0.3 is 10.2 Å². The number of anilines is 1. The lowest BCUT2D eigenvalue weighted by Crippen LogP contribution is -2.58. The van der Waals surface area contributed by atoms with Crippen LogP contribution in [-0.4, -0.2) is 87.4 Å². The molecule has 0 saturated heterocycles. The van der Waals surface area contributed by atoms with Crippen LogP contribution in [0, 0.1) is 0 Å². The van der Waals surface area contributed by atoms with Gasteiger partial charge in [0.15, 0.2) is 0 Å². The van der Waals surface area contributed by atoms with Crippen molar-refractivity contribution in [1.82, 2.24) is 14.0 Å². The number of nitrogens with two attached hydrogens (primary N) is 1. The van der Waals surface area contributed by atoms with Crippen molar-refractivity contribution in [3.63, 3.8) is 0 Å². The highest BCUT2D eigenvalue weighted by molar-refractivity contribution is 7.92. The van der Waals surface area contributed by atoms with Crippen LogP contribution in [0.15, 0.2) is 64.7 Å². The molecule has 212 valence electrons. The van der Waals surface area contributed by atoms with E-state index in [4.69, 9.17) is 5.73 Å². The van der Waals surface area contributed by atoms with Crippen molar-refractivity contribution in [3.8, 4) is 0 Å². The summed E-state index contributed by atoms with van der Waals surface area (Å²) < 4.78 is 55.3. The molecule has 2 aromatic rings. The van der Waals surface area contributed by atoms with Crippen molar-refractivity contribution in [2.45, 2.75) is 31.9 Å². The number of aliphatic hydroxyl groups excluding tert-OH is 1. The molecule has 39 heavy (non-hydrogen) atoms. The molecule has 0 aliphatic carbocycles. The minimum atomic E-state index is -4.38. The molecule has 0 bridgehead atoms. The SMILES string of the molecule is CCN(C(C(N)=O)C(C)O)S(=O)(=O)NC(=NC)N1CC(c2ccccc2)C(c2ccc(NS(C)(=O)=O)cc2)=N1. The lowest BCUT2D eigenvalue weighted by atomic mass is 9.90. The zero-order valence-corrected chi connectivity index (χ0v) is 23.6. The highest BCUT2D eigenvalue weighted by Crippen LogP contribution is 2.29. The first-order valence-corrected chi connectivity index (χ1v) is 15.3. The molecule has 0 spiro atoms. The number of sulfonamides is 1. The van der Waals surface area contributed by atoms with Crippen molar-refractivity contribution in [2.24, 2.45) is 15.8 Å². The van der Waals surface area contributed by atoms with Crippen LogP contribution in [0.1, 0.15) is 30.9 Å². The number of hydrogen-bond acceptors (Lipinski definition) is 8. The van der Waals surface area contributed by atoms with Gasteiger partial charge in [0.1, 0.15) is 6.04 Å². The van der Waals surface area contributed by atoms with Gasteiger partial charge in [-0.25, -0.2) is 18.1 Å².